The average Bonchev–Trinajstić information content (AvgIpc) is 2.29. The Labute approximate surface area is 92.8 Å². The lowest BCUT2D eigenvalue weighted by Crippen LogP contribution is -2.20. The van der Waals surface area contributed by atoms with Crippen LogP contribution >= 0.6 is 0 Å². The van der Waals surface area contributed by atoms with Gasteiger partial charge in [0.05, 0.1) is 5.69 Å². The molecule has 1 aromatic heterocycles. The van der Waals surface area contributed by atoms with E-state index in [0.29, 0.717) is 12.2 Å². The summed E-state index contributed by atoms with van der Waals surface area (Å²) in [6.45, 7) is 2.39. The van der Waals surface area contributed by atoms with Crippen LogP contribution in [0.5, 0.6) is 5.75 Å². The van der Waals surface area contributed by atoms with Crippen molar-refractivity contribution >= 4 is 0 Å². The van der Waals surface area contributed by atoms with Crippen molar-refractivity contribution in [2.24, 2.45) is 0 Å². The molecular formula is C12H12N2O2. The highest BCUT2D eigenvalue weighted by atomic mass is 16.3. The Bertz CT molecular complexity index is 561. The number of hydrogen-bond donors (Lipinski definition) is 1. The van der Waals surface area contributed by atoms with Crippen molar-refractivity contribution in [2.75, 3.05) is 0 Å². The normalized spacial score (nSPS) is 10.3. The predicted octanol–water partition coefficient (Wildman–Crippen LogP) is 1.64. The van der Waals surface area contributed by atoms with E-state index in [0.717, 1.165) is 5.56 Å². The molecule has 0 aliphatic heterocycles. The van der Waals surface area contributed by atoms with Gasteiger partial charge in [-0.05, 0) is 25.1 Å². The first-order valence-corrected chi connectivity index (χ1v) is 5.08. The molecule has 0 spiro atoms. The second kappa shape index (κ2) is 4.18. The van der Waals surface area contributed by atoms with Gasteiger partial charge in [0, 0.05) is 18.2 Å². The zero-order valence-corrected chi connectivity index (χ0v) is 8.92. The van der Waals surface area contributed by atoms with Gasteiger partial charge in [0.2, 0.25) is 0 Å². The van der Waals surface area contributed by atoms with Crippen molar-refractivity contribution in [3.05, 3.63) is 46.8 Å². The number of nitrogens with zero attached hydrogens (tertiary/aromatic N) is 2. The van der Waals surface area contributed by atoms with E-state index in [2.05, 4.69) is 5.10 Å². The Morgan fingerprint density at radius 3 is 2.81 bits per heavy atom. The average molecular weight is 216 g/mol. The molecule has 0 aliphatic rings. The van der Waals surface area contributed by atoms with Crippen molar-refractivity contribution in [2.45, 2.75) is 13.5 Å². The number of aryl methyl sites for hydroxylation is 1. The lowest BCUT2D eigenvalue weighted by atomic mass is 10.1. The predicted molar refractivity (Wildman–Crippen MR) is 61.3 cm³/mol. The molecule has 0 unspecified atom stereocenters. The van der Waals surface area contributed by atoms with Gasteiger partial charge in [0.25, 0.3) is 5.56 Å². The zero-order chi connectivity index (χ0) is 11.5. The summed E-state index contributed by atoms with van der Waals surface area (Å²) >= 11 is 0. The van der Waals surface area contributed by atoms with E-state index in [-0.39, 0.29) is 11.3 Å². The first kappa shape index (κ1) is 10.4. The smallest absolute Gasteiger partial charge is 0.266 e. The van der Waals surface area contributed by atoms with E-state index in [1.54, 1.807) is 24.3 Å². The van der Waals surface area contributed by atoms with Gasteiger partial charge in [-0.25, -0.2) is 4.68 Å². The summed E-state index contributed by atoms with van der Waals surface area (Å²) in [7, 11) is 0. The summed E-state index contributed by atoms with van der Waals surface area (Å²) in [6.07, 6.45) is 0. The minimum absolute atomic E-state index is 0.119. The first-order chi connectivity index (χ1) is 7.70. The summed E-state index contributed by atoms with van der Waals surface area (Å²) in [5, 5.41) is 13.6. The fraction of sp³-hybridized carbons (Fsp3) is 0.167. The number of phenols is 1. The molecule has 2 rings (SSSR count). The molecule has 1 heterocycles. The Balaban J connectivity index is 2.52. The Morgan fingerprint density at radius 1 is 1.31 bits per heavy atom. The summed E-state index contributed by atoms with van der Waals surface area (Å²) in [5.74, 6) is 0.188. The molecule has 0 radical (unpaired) electrons. The lowest BCUT2D eigenvalue weighted by Gasteiger charge is -2.04. The van der Waals surface area contributed by atoms with Gasteiger partial charge < -0.3 is 5.11 Å². The quantitative estimate of drug-likeness (QED) is 0.830. The summed E-state index contributed by atoms with van der Waals surface area (Å²) < 4.78 is 1.39. The fourth-order valence-corrected chi connectivity index (χ4v) is 1.49. The topological polar surface area (TPSA) is 55.1 Å². The molecule has 1 aromatic carbocycles. The van der Waals surface area contributed by atoms with Crippen LogP contribution in [0, 0.1) is 0 Å². The van der Waals surface area contributed by atoms with Crippen LogP contribution in [0.15, 0.2) is 41.2 Å². The van der Waals surface area contributed by atoms with Gasteiger partial charge in [-0.1, -0.05) is 12.1 Å². The third-order valence-electron chi connectivity index (χ3n) is 2.31. The van der Waals surface area contributed by atoms with Crippen LogP contribution < -0.4 is 5.56 Å². The maximum Gasteiger partial charge on any atom is 0.266 e. The summed E-state index contributed by atoms with van der Waals surface area (Å²) in [6, 6.07) is 9.94. The third-order valence-corrected chi connectivity index (χ3v) is 2.31. The van der Waals surface area contributed by atoms with Crippen LogP contribution in [0.4, 0.5) is 0 Å². The Morgan fingerprint density at radius 2 is 2.12 bits per heavy atom. The van der Waals surface area contributed by atoms with E-state index < -0.39 is 0 Å². The first-order valence-electron chi connectivity index (χ1n) is 5.08. The molecule has 1 N–H and O–H groups in total. The van der Waals surface area contributed by atoms with Crippen LogP contribution in [-0.4, -0.2) is 14.9 Å². The number of benzene rings is 1. The van der Waals surface area contributed by atoms with Crippen LogP contribution in [0.3, 0.4) is 0 Å². The van der Waals surface area contributed by atoms with Crippen molar-refractivity contribution in [1.82, 2.24) is 9.78 Å². The van der Waals surface area contributed by atoms with Gasteiger partial charge >= 0.3 is 0 Å². The summed E-state index contributed by atoms with van der Waals surface area (Å²) in [5.41, 5.74) is 1.35. The lowest BCUT2D eigenvalue weighted by molar-refractivity contribution is 0.475. The van der Waals surface area contributed by atoms with Gasteiger partial charge in [0.1, 0.15) is 5.75 Å². The molecule has 0 saturated heterocycles. The molecule has 2 aromatic rings. The molecule has 4 heteroatoms. The third kappa shape index (κ3) is 1.95. The zero-order valence-electron chi connectivity index (χ0n) is 8.92. The summed E-state index contributed by atoms with van der Waals surface area (Å²) in [4.78, 5) is 11.4. The fourth-order valence-electron chi connectivity index (χ4n) is 1.49. The van der Waals surface area contributed by atoms with Crippen LogP contribution in [0.25, 0.3) is 11.3 Å². The second-order valence-electron chi connectivity index (χ2n) is 3.42. The highest BCUT2D eigenvalue weighted by Gasteiger charge is 2.02. The number of aromatic nitrogens is 2. The van der Waals surface area contributed by atoms with Gasteiger partial charge in [0.15, 0.2) is 0 Å². The molecule has 0 fully saturated rings. The van der Waals surface area contributed by atoms with E-state index in [4.69, 9.17) is 0 Å². The van der Waals surface area contributed by atoms with Crippen molar-refractivity contribution in [3.63, 3.8) is 0 Å². The van der Waals surface area contributed by atoms with E-state index in [1.807, 2.05) is 13.0 Å². The Kier molecular flexibility index (Phi) is 2.72. The molecule has 0 amide bonds. The van der Waals surface area contributed by atoms with E-state index >= 15 is 0 Å². The monoisotopic (exact) mass is 216 g/mol. The molecular weight excluding hydrogens is 204 g/mol. The standard InChI is InChI=1S/C12H12N2O2/c1-2-14-12(16)7-6-11(13-14)9-4-3-5-10(15)8-9/h3-8,15H,2H2,1H3. The molecule has 0 saturated carbocycles. The maximum atomic E-state index is 11.4. The van der Waals surface area contributed by atoms with Crippen LogP contribution in [0.1, 0.15) is 6.92 Å². The molecule has 4 nitrogen and oxygen atoms in total. The highest BCUT2D eigenvalue weighted by Crippen LogP contribution is 2.19. The number of phenolic OH excluding ortho intramolecular Hbond substituents is 1. The van der Waals surface area contributed by atoms with Crippen molar-refractivity contribution < 1.29 is 5.11 Å². The molecule has 0 bridgehead atoms. The number of rotatable bonds is 2. The molecule has 16 heavy (non-hydrogen) atoms. The maximum absolute atomic E-state index is 11.4. The Hall–Kier alpha value is -2.10. The highest BCUT2D eigenvalue weighted by molar-refractivity contribution is 5.60. The minimum Gasteiger partial charge on any atom is -0.508 e. The van der Waals surface area contributed by atoms with Gasteiger partial charge in [-0.2, -0.15) is 5.10 Å². The number of aromatic hydroxyl groups is 1. The number of hydrogen-bond acceptors (Lipinski definition) is 3. The SMILES string of the molecule is CCn1nc(-c2cccc(O)c2)ccc1=O. The minimum atomic E-state index is -0.119. The van der Waals surface area contributed by atoms with E-state index in [1.165, 1.54) is 10.7 Å². The largest absolute Gasteiger partial charge is 0.508 e. The molecule has 0 atom stereocenters. The van der Waals surface area contributed by atoms with Gasteiger partial charge in [-0.15, -0.1) is 0 Å². The van der Waals surface area contributed by atoms with Crippen LogP contribution in [-0.2, 0) is 6.54 Å². The van der Waals surface area contributed by atoms with Gasteiger partial charge in [-0.3, -0.25) is 4.79 Å². The van der Waals surface area contributed by atoms with Crippen molar-refractivity contribution in [1.29, 1.82) is 0 Å². The molecule has 0 aliphatic carbocycles. The molecule has 82 valence electrons. The second-order valence-corrected chi connectivity index (χ2v) is 3.42. The van der Waals surface area contributed by atoms with Crippen molar-refractivity contribution in [3.8, 4) is 17.0 Å². The van der Waals surface area contributed by atoms with E-state index in [9.17, 15) is 9.90 Å². The van der Waals surface area contributed by atoms with Crippen LogP contribution in [0.2, 0.25) is 0 Å².